The smallest absolute Gasteiger partial charge is 0.240 e. The predicted octanol–water partition coefficient (Wildman–Crippen LogP) is 3.98. The third-order valence-electron chi connectivity index (χ3n) is 5.22. The number of carbonyl (C=O) groups excluding carboxylic acids is 2. The van der Waals surface area contributed by atoms with Gasteiger partial charge in [0.1, 0.15) is 0 Å². The molecule has 3 aromatic rings. The Hall–Kier alpha value is -3.10. The van der Waals surface area contributed by atoms with E-state index in [-0.39, 0.29) is 17.7 Å². The quantitative estimate of drug-likeness (QED) is 0.612. The van der Waals surface area contributed by atoms with Crippen molar-refractivity contribution < 1.29 is 9.59 Å². The van der Waals surface area contributed by atoms with Crippen LogP contribution in [0.15, 0.2) is 54.0 Å². The van der Waals surface area contributed by atoms with Gasteiger partial charge in [-0.3, -0.25) is 19.5 Å². The summed E-state index contributed by atoms with van der Waals surface area (Å²) in [6, 6.07) is 13.8. The van der Waals surface area contributed by atoms with Crippen LogP contribution in [0.4, 0.5) is 10.8 Å². The molecule has 0 radical (unpaired) electrons. The van der Waals surface area contributed by atoms with Crippen LogP contribution in [0.3, 0.4) is 0 Å². The molecule has 0 spiro atoms. The molecule has 1 atom stereocenters. The van der Waals surface area contributed by atoms with Gasteiger partial charge in [-0.2, -0.15) is 0 Å². The first-order valence-electron chi connectivity index (χ1n) is 10.3. The van der Waals surface area contributed by atoms with E-state index in [9.17, 15) is 9.59 Å². The summed E-state index contributed by atoms with van der Waals surface area (Å²) in [5.41, 5.74) is 3.63. The summed E-state index contributed by atoms with van der Waals surface area (Å²) in [4.78, 5) is 34.9. The third kappa shape index (κ3) is 5.74. The number of likely N-dealkylation sites (tertiary alicyclic amines) is 1. The second-order valence-corrected chi connectivity index (χ2v) is 8.56. The van der Waals surface area contributed by atoms with Gasteiger partial charge in [0.25, 0.3) is 0 Å². The van der Waals surface area contributed by atoms with E-state index < -0.39 is 0 Å². The fraction of sp³-hybridized carbons (Fsp3) is 0.304. The summed E-state index contributed by atoms with van der Waals surface area (Å²) in [5, 5.41) is 8.15. The minimum absolute atomic E-state index is 0.0351. The minimum Gasteiger partial charge on any atom is -0.326 e. The first kappa shape index (κ1) is 21.1. The van der Waals surface area contributed by atoms with Gasteiger partial charge in [-0.15, -0.1) is 11.3 Å². The highest BCUT2D eigenvalue weighted by atomic mass is 32.1. The van der Waals surface area contributed by atoms with Gasteiger partial charge >= 0.3 is 0 Å². The zero-order valence-corrected chi connectivity index (χ0v) is 18.2. The van der Waals surface area contributed by atoms with Crippen LogP contribution in [0, 0.1) is 0 Å². The van der Waals surface area contributed by atoms with E-state index in [2.05, 4.69) is 26.6 Å². The molecule has 7 nitrogen and oxygen atoms in total. The predicted molar refractivity (Wildman–Crippen MR) is 123 cm³/mol. The molecule has 1 aliphatic rings. The molecule has 1 aromatic carbocycles. The number of pyridine rings is 1. The van der Waals surface area contributed by atoms with Crippen LogP contribution in [0.25, 0.3) is 11.3 Å². The summed E-state index contributed by atoms with van der Waals surface area (Å²) in [6.45, 7) is 3.56. The Labute approximate surface area is 185 Å². The lowest BCUT2D eigenvalue weighted by Crippen LogP contribution is -2.40. The molecule has 4 rings (SSSR count). The molecular formula is C23H25N5O2S. The summed E-state index contributed by atoms with van der Waals surface area (Å²) in [6.07, 6.45) is 3.76. The van der Waals surface area contributed by atoms with Gasteiger partial charge in [0, 0.05) is 47.9 Å². The Bertz CT molecular complexity index is 1050. The molecule has 2 N–H and O–H groups in total. The van der Waals surface area contributed by atoms with Gasteiger partial charge in [0.15, 0.2) is 5.13 Å². The van der Waals surface area contributed by atoms with E-state index >= 15 is 0 Å². The van der Waals surface area contributed by atoms with E-state index in [1.165, 1.54) is 18.3 Å². The van der Waals surface area contributed by atoms with E-state index in [4.69, 9.17) is 4.98 Å². The summed E-state index contributed by atoms with van der Waals surface area (Å²) in [7, 11) is 0. The van der Waals surface area contributed by atoms with Crippen LogP contribution in [0.2, 0.25) is 0 Å². The maximum Gasteiger partial charge on any atom is 0.240 e. The lowest BCUT2D eigenvalue weighted by Gasteiger charge is -2.32. The van der Waals surface area contributed by atoms with Crippen molar-refractivity contribution in [2.75, 3.05) is 30.3 Å². The topological polar surface area (TPSA) is 87.2 Å². The highest BCUT2D eigenvalue weighted by Crippen LogP contribution is 2.28. The number of benzene rings is 1. The van der Waals surface area contributed by atoms with Gasteiger partial charge in [-0.05, 0) is 43.7 Å². The molecule has 1 fully saturated rings. The molecule has 1 unspecified atom stereocenters. The van der Waals surface area contributed by atoms with Gasteiger partial charge in [-0.1, -0.05) is 18.2 Å². The molecule has 8 heteroatoms. The Morgan fingerprint density at radius 2 is 2.06 bits per heavy atom. The lowest BCUT2D eigenvalue weighted by molar-refractivity contribution is -0.117. The zero-order chi connectivity index (χ0) is 21.6. The molecule has 2 aromatic heterocycles. The number of piperidine rings is 1. The molecule has 1 saturated heterocycles. The molecule has 3 heterocycles. The van der Waals surface area contributed by atoms with Crippen molar-refractivity contribution in [1.29, 1.82) is 0 Å². The highest BCUT2D eigenvalue weighted by molar-refractivity contribution is 7.13. The highest BCUT2D eigenvalue weighted by Gasteiger charge is 2.24. The number of nitrogens with zero attached hydrogens (tertiary/aromatic N) is 3. The van der Waals surface area contributed by atoms with E-state index in [0.29, 0.717) is 11.7 Å². The second kappa shape index (κ2) is 9.80. The SMILES string of the molecule is CC(=O)Nc1cccc(-c2cccc(C3CCCN(CC(=O)Nc4nccs4)C3)n2)c1. The van der Waals surface area contributed by atoms with Crippen LogP contribution >= 0.6 is 11.3 Å². The standard InChI is InChI=1S/C23H25N5O2S/c1-16(29)25-19-7-2-5-17(13-19)20-8-3-9-21(26-20)18-6-4-11-28(14-18)15-22(30)27-23-24-10-12-31-23/h2-3,5,7-10,12-13,18H,4,6,11,14-15H2,1H3,(H,25,29)(H,24,27,30). The third-order valence-corrected chi connectivity index (χ3v) is 5.91. The van der Waals surface area contributed by atoms with Gasteiger partial charge in [0.05, 0.1) is 12.2 Å². The maximum atomic E-state index is 12.3. The lowest BCUT2D eigenvalue weighted by atomic mass is 9.94. The molecular weight excluding hydrogens is 410 g/mol. The van der Waals surface area contributed by atoms with Gasteiger partial charge in [-0.25, -0.2) is 4.98 Å². The summed E-state index contributed by atoms with van der Waals surface area (Å²) < 4.78 is 0. The molecule has 0 bridgehead atoms. The largest absolute Gasteiger partial charge is 0.326 e. The normalized spacial score (nSPS) is 16.6. The number of hydrogen-bond acceptors (Lipinski definition) is 6. The van der Waals surface area contributed by atoms with Crippen LogP contribution < -0.4 is 10.6 Å². The van der Waals surface area contributed by atoms with Gasteiger partial charge in [0.2, 0.25) is 11.8 Å². The van der Waals surface area contributed by atoms with Crippen molar-refractivity contribution in [2.45, 2.75) is 25.7 Å². The van der Waals surface area contributed by atoms with Gasteiger partial charge < -0.3 is 10.6 Å². The number of aromatic nitrogens is 2. The molecule has 1 aliphatic heterocycles. The monoisotopic (exact) mass is 435 g/mol. The molecule has 31 heavy (non-hydrogen) atoms. The number of rotatable bonds is 6. The number of anilines is 2. The fourth-order valence-electron chi connectivity index (χ4n) is 3.89. The van der Waals surface area contributed by atoms with Crippen molar-refractivity contribution >= 4 is 34.0 Å². The van der Waals surface area contributed by atoms with E-state index in [1.54, 1.807) is 6.20 Å². The molecule has 0 saturated carbocycles. The number of nitrogens with one attached hydrogen (secondary N) is 2. The van der Waals surface area contributed by atoms with E-state index in [1.807, 2.05) is 41.8 Å². The summed E-state index contributed by atoms with van der Waals surface area (Å²) >= 11 is 1.42. The maximum absolute atomic E-state index is 12.3. The van der Waals surface area contributed by atoms with Crippen LogP contribution in [0.1, 0.15) is 31.4 Å². The number of amides is 2. The fourth-order valence-corrected chi connectivity index (χ4v) is 4.43. The average Bonchev–Trinajstić information content (AvgIpc) is 3.26. The zero-order valence-electron chi connectivity index (χ0n) is 17.4. The van der Waals surface area contributed by atoms with Crippen LogP contribution in [0.5, 0.6) is 0 Å². The second-order valence-electron chi connectivity index (χ2n) is 7.67. The van der Waals surface area contributed by atoms with Crippen molar-refractivity contribution in [2.24, 2.45) is 0 Å². The minimum atomic E-state index is -0.0972. The molecule has 160 valence electrons. The number of carbonyl (C=O) groups is 2. The Balaban J connectivity index is 1.43. The van der Waals surface area contributed by atoms with Crippen molar-refractivity contribution in [3.8, 4) is 11.3 Å². The first-order chi connectivity index (χ1) is 15.1. The summed E-state index contributed by atoms with van der Waals surface area (Å²) in [5.74, 6) is 0.145. The first-order valence-corrected chi connectivity index (χ1v) is 11.2. The van der Waals surface area contributed by atoms with Crippen LogP contribution in [-0.2, 0) is 9.59 Å². The van der Waals surface area contributed by atoms with E-state index in [0.717, 1.165) is 48.6 Å². The molecule has 2 amide bonds. The van der Waals surface area contributed by atoms with Crippen molar-refractivity contribution in [1.82, 2.24) is 14.9 Å². The number of hydrogen-bond donors (Lipinski definition) is 2. The van der Waals surface area contributed by atoms with Crippen molar-refractivity contribution in [3.63, 3.8) is 0 Å². The van der Waals surface area contributed by atoms with Crippen LogP contribution in [-0.4, -0.2) is 46.3 Å². The Morgan fingerprint density at radius 1 is 1.19 bits per heavy atom. The Kier molecular flexibility index (Phi) is 6.69. The van der Waals surface area contributed by atoms with Crippen molar-refractivity contribution in [3.05, 3.63) is 59.7 Å². The number of thiazole rings is 1. The Morgan fingerprint density at radius 3 is 2.87 bits per heavy atom. The molecule has 0 aliphatic carbocycles. The average molecular weight is 436 g/mol.